The van der Waals surface area contributed by atoms with Gasteiger partial charge < -0.3 is 33.8 Å². The van der Waals surface area contributed by atoms with Crippen LogP contribution in [0.1, 0.15) is 344 Å². The Labute approximate surface area is 543 Å². The minimum atomic E-state index is -4.95. The number of hydrogen-bond donors (Lipinski definition) is 3. The lowest BCUT2D eigenvalue weighted by Gasteiger charge is -2.21. The third kappa shape index (κ3) is 63.2. The fourth-order valence-electron chi connectivity index (χ4n) is 10.5. The van der Waals surface area contributed by atoms with Gasteiger partial charge in [-0.15, -0.1) is 0 Å². The third-order valence-electron chi connectivity index (χ3n) is 16.4. The average Bonchev–Trinajstić information content (AvgIpc) is 3.53. The highest BCUT2D eigenvalue weighted by molar-refractivity contribution is 7.47. The molecule has 0 amide bonds. The lowest BCUT2D eigenvalue weighted by Crippen LogP contribution is -2.30. The van der Waals surface area contributed by atoms with E-state index in [4.69, 9.17) is 37.0 Å². The Morgan fingerprint density at radius 2 is 0.539 bits per heavy atom. The van der Waals surface area contributed by atoms with Gasteiger partial charge in [0.15, 0.2) is 12.2 Å². The van der Waals surface area contributed by atoms with Crippen molar-refractivity contribution in [3.63, 3.8) is 0 Å². The molecular weight excluding hydrogens is 1170 g/mol. The number of hydrogen-bond acceptors (Lipinski definition) is 15. The van der Waals surface area contributed by atoms with Crippen LogP contribution in [0.5, 0.6) is 0 Å². The quantitative estimate of drug-likeness (QED) is 0.0222. The molecule has 17 nitrogen and oxygen atoms in total. The summed E-state index contributed by atoms with van der Waals surface area (Å²) in [4.78, 5) is 72.5. The summed E-state index contributed by atoms with van der Waals surface area (Å²) < 4.78 is 68.3. The predicted molar refractivity (Wildman–Crippen MR) is 358 cm³/mol. The summed E-state index contributed by atoms with van der Waals surface area (Å²) in [6.07, 6.45) is 41.8. The summed E-state index contributed by atoms with van der Waals surface area (Å²) in [5.41, 5.74) is 0. The maximum Gasteiger partial charge on any atom is 0.472 e. The van der Waals surface area contributed by atoms with Crippen molar-refractivity contribution in [3.05, 3.63) is 0 Å². The largest absolute Gasteiger partial charge is 0.472 e. The number of rotatable bonds is 67. The van der Waals surface area contributed by atoms with E-state index in [-0.39, 0.29) is 25.7 Å². The second-order valence-corrected chi connectivity index (χ2v) is 29.8. The molecule has 0 aromatic rings. The standard InChI is InChI=1S/C70H136O17P2/c1-9-63(8)49-41-33-24-20-21-27-37-45-53-70(75)87-66(57-81-68(73)51-43-35-29-28-32-40-48-62(6)7)59-85-89(78,79)83-55-64(71)54-82-88(76,77)84-58-65(86-69(74)52-44-36-26-19-15-14-17-23-31-39-47-61(4)5)56-80-67(72)50-42-34-25-18-13-11-10-12-16-22-30-38-46-60(2)3/h60-66,71H,9-59H2,1-8H3,(H,76,77)(H,78,79)/t63?,64-,65-,66-/m1/s1. The molecule has 0 heterocycles. The predicted octanol–water partition coefficient (Wildman–Crippen LogP) is 19.7. The van der Waals surface area contributed by atoms with Crippen LogP contribution in [-0.2, 0) is 65.4 Å². The maximum atomic E-state index is 13.0. The summed E-state index contributed by atoms with van der Waals surface area (Å²) in [6.45, 7) is 14.1. The monoisotopic (exact) mass is 1310 g/mol. The lowest BCUT2D eigenvalue weighted by molar-refractivity contribution is -0.161. The number of unbranched alkanes of at least 4 members (excludes halogenated alkanes) is 32. The van der Waals surface area contributed by atoms with E-state index in [0.717, 1.165) is 114 Å². The van der Waals surface area contributed by atoms with Gasteiger partial charge in [0, 0.05) is 25.7 Å². The molecule has 0 aliphatic heterocycles. The molecule has 19 heteroatoms. The van der Waals surface area contributed by atoms with E-state index in [0.29, 0.717) is 31.6 Å². The van der Waals surface area contributed by atoms with Crippen LogP contribution in [-0.4, -0.2) is 96.7 Å². The van der Waals surface area contributed by atoms with Crippen LogP contribution < -0.4 is 0 Å². The van der Waals surface area contributed by atoms with Crippen molar-refractivity contribution >= 4 is 39.5 Å². The first-order valence-electron chi connectivity index (χ1n) is 36.2. The van der Waals surface area contributed by atoms with Gasteiger partial charge in [-0.05, 0) is 49.4 Å². The van der Waals surface area contributed by atoms with E-state index in [1.54, 1.807) is 0 Å². The summed E-state index contributed by atoms with van der Waals surface area (Å²) in [5, 5.41) is 10.6. The number of esters is 4. The molecule has 3 N–H and O–H groups in total. The van der Waals surface area contributed by atoms with Crippen molar-refractivity contribution in [1.82, 2.24) is 0 Å². The molecule has 0 aromatic heterocycles. The van der Waals surface area contributed by atoms with E-state index >= 15 is 0 Å². The smallest absolute Gasteiger partial charge is 0.462 e. The zero-order valence-corrected chi connectivity index (χ0v) is 59.8. The zero-order valence-electron chi connectivity index (χ0n) is 58.1. The SMILES string of the molecule is CCC(C)CCCCCCCCCCC(=O)O[C@H](COC(=O)CCCCCCCCC(C)C)COP(=O)(O)OC[C@H](O)COP(=O)(O)OC[C@@H](COC(=O)CCCCCCCCCCCCCCC(C)C)OC(=O)CCCCCCCCCCCCC(C)C. The second kappa shape index (κ2) is 59.8. The normalized spacial score (nSPS) is 14.6. The van der Waals surface area contributed by atoms with E-state index in [9.17, 15) is 43.2 Å². The van der Waals surface area contributed by atoms with Crippen LogP contribution in [0.15, 0.2) is 0 Å². The highest BCUT2D eigenvalue weighted by Crippen LogP contribution is 2.45. The van der Waals surface area contributed by atoms with Gasteiger partial charge in [-0.2, -0.15) is 0 Å². The van der Waals surface area contributed by atoms with Gasteiger partial charge in [0.2, 0.25) is 0 Å². The molecule has 0 radical (unpaired) electrons. The highest BCUT2D eigenvalue weighted by Gasteiger charge is 2.30. The summed E-state index contributed by atoms with van der Waals surface area (Å²) in [7, 11) is -9.90. The van der Waals surface area contributed by atoms with Gasteiger partial charge in [-0.1, -0.05) is 293 Å². The van der Waals surface area contributed by atoms with Crippen LogP contribution >= 0.6 is 15.6 Å². The van der Waals surface area contributed by atoms with Crippen LogP contribution in [0.2, 0.25) is 0 Å². The number of phosphoric acid groups is 2. The van der Waals surface area contributed by atoms with Gasteiger partial charge in [0.25, 0.3) is 0 Å². The van der Waals surface area contributed by atoms with Crippen molar-refractivity contribution in [1.29, 1.82) is 0 Å². The van der Waals surface area contributed by atoms with Gasteiger partial charge in [-0.25, -0.2) is 9.13 Å². The van der Waals surface area contributed by atoms with E-state index in [1.165, 1.54) is 141 Å². The third-order valence-corrected chi connectivity index (χ3v) is 18.3. The molecule has 0 aliphatic rings. The summed E-state index contributed by atoms with van der Waals surface area (Å²) >= 11 is 0. The zero-order chi connectivity index (χ0) is 66.1. The average molecular weight is 1310 g/mol. The van der Waals surface area contributed by atoms with Crippen molar-refractivity contribution in [2.45, 2.75) is 363 Å². The summed E-state index contributed by atoms with van der Waals surface area (Å²) in [5.74, 6) is 0.851. The highest BCUT2D eigenvalue weighted by atomic mass is 31.2. The number of ether oxygens (including phenoxy) is 4. The number of carbonyl (C=O) groups is 4. The van der Waals surface area contributed by atoms with Gasteiger partial charge in [-0.3, -0.25) is 37.3 Å². The van der Waals surface area contributed by atoms with Gasteiger partial charge >= 0.3 is 39.5 Å². The van der Waals surface area contributed by atoms with Crippen molar-refractivity contribution in [2.75, 3.05) is 39.6 Å². The minimum absolute atomic E-state index is 0.103. The summed E-state index contributed by atoms with van der Waals surface area (Å²) in [6, 6.07) is 0. The number of aliphatic hydroxyl groups is 1. The molecule has 6 atom stereocenters. The van der Waals surface area contributed by atoms with E-state index in [1.807, 2.05) is 0 Å². The van der Waals surface area contributed by atoms with Gasteiger partial charge in [0.05, 0.1) is 26.4 Å². The Bertz CT molecular complexity index is 1770. The van der Waals surface area contributed by atoms with Crippen LogP contribution in [0.4, 0.5) is 0 Å². The number of aliphatic hydroxyl groups excluding tert-OH is 1. The molecule has 0 fully saturated rings. The fraction of sp³-hybridized carbons (Fsp3) is 0.943. The Morgan fingerprint density at radius 1 is 0.315 bits per heavy atom. The Balaban J connectivity index is 5.25. The Kier molecular flexibility index (Phi) is 58.5. The second-order valence-electron chi connectivity index (χ2n) is 26.9. The molecule has 0 aromatic carbocycles. The fourth-order valence-corrected chi connectivity index (χ4v) is 12.0. The van der Waals surface area contributed by atoms with Crippen molar-refractivity contribution < 1.29 is 80.2 Å². The van der Waals surface area contributed by atoms with Gasteiger partial charge in [0.1, 0.15) is 19.3 Å². The molecule has 528 valence electrons. The minimum Gasteiger partial charge on any atom is -0.462 e. The topological polar surface area (TPSA) is 237 Å². The lowest BCUT2D eigenvalue weighted by atomic mass is 9.99. The molecule has 0 saturated carbocycles. The van der Waals surface area contributed by atoms with E-state index < -0.39 is 97.5 Å². The van der Waals surface area contributed by atoms with E-state index in [2.05, 4.69) is 55.4 Å². The Morgan fingerprint density at radius 3 is 0.798 bits per heavy atom. The van der Waals surface area contributed by atoms with Crippen molar-refractivity contribution in [3.8, 4) is 0 Å². The van der Waals surface area contributed by atoms with Crippen molar-refractivity contribution in [2.24, 2.45) is 23.7 Å². The first-order chi connectivity index (χ1) is 42.6. The first-order valence-corrected chi connectivity index (χ1v) is 39.2. The molecule has 0 spiro atoms. The Hall–Kier alpha value is -1.94. The molecule has 0 bridgehead atoms. The van der Waals surface area contributed by atoms with Crippen LogP contribution in [0, 0.1) is 23.7 Å². The first kappa shape index (κ1) is 87.1. The van der Waals surface area contributed by atoms with Crippen LogP contribution in [0.25, 0.3) is 0 Å². The van der Waals surface area contributed by atoms with Crippen LogP contribution in [0.3, 0.4) is 0 Å². The number of phosphoric ester groups is 2. The maximum absolute atomic E-state index is 13.0. The molecule has 0 aliphatic carbocycles. The molecule has 0 rings (SSSR count). The molecule has 89 heavy (non-hydrogen) atoms. The molecule has 0 saturated heterocycles. The molecule has 3 unspecified atom stereocenters. The molecular formula is C70H136O17P2. The number of carbonyl (C=O) groups excluding carboxylic acids is 4.